The van der Waals surface area contributed by atoms with Gasteiger partial charge in [0, 0.05) is 43.4 Å². The smallest absolute Gasteiger partial charge is 0.273 e. The van der Waals surface area contributed by atoms with Gasteiger partial charge in [-0.1, -0.05) is 6.07 Å². The summed E-state index contributed by atoms with van der Waals surface area (Å²) in [4.78, 5) is 51.7. The highest BCUT2D eigenvalue weighted by Gasteiger charge is 2.30. The molecular formula is C28H29N7O5. The third kappa shape index (κ3) is 5.70. The minimum absolute atomic E-state index is 0.000373. The highest BCUT2D eigenvalue weighted by atomic mass is 16.5. The van der Waals surface area contributed by atoms with Gasteiger partial charge in [-0.2, -0.15) is 0 Å². The van der Waals surface area contributed by atoms with Crippen molar-refractivity contribution in [2.75, 3.05) is 41.6 Å². The van der Waals surface area contributed by atoms with Gasteiger partial charge in [0.05, 0.1) is 24.0 Å². The van der Waals surface area contributed by atoms with E-state index in [1.54, 1.807) is 47.4 Å². The number of amides is 4. The second-order valence-electron chi connectivity index (χ2n) is 9.50. The highest BCUT2D eigenvalue weighted by molar-refractivity contribution is 6.08. The van der Waals surface area contributed by atoms with E-state index in [-0.39, 0.29) is 46.2 Å². The SMILES string of the molecule is CNC(=O)c1nnc(NC(=O)C2CC2)cc1Nc1cccc(C(=O)Nc2ccc(N3CCCC3=O)cc2)c1OC. The Labute approximate surface area is 230 Å². The summed E-state index contributed by atoms with van der Waals surface area (Å²) in [6, 6.07) is 13.6. The van der Waals surface area contributed by atoms with E-state index in [4.69, 9.17) is 4.74 Å². The van der Waals surface area contributed by atoms with Crippen LogP contribution in [-0.2, 0) is 9.59 Å². The number of benzene rings is 2. The summed E-state index contributed by atoms with van der Waals surface area (Å²) in [5.74, 6) is -0.562. The zero-order chi connectivity index (χ0) is 28.2. The molecule has 0 bridgehead atoms. The van der Waals surface area contributed by atoms with Gasteiger partial charge in [0.25, 0.3) is 11.8 Å². The van der Waals surface area contributed by atoms with E-state index < -0.39 is 11.8 Å². The number of anilines is 5. The first kappa shape index (κ1) is 26.6. The van der Waals surface area contributed by atoms with Gasteiger partial charge in [0.15, 0.2) is 17.3 Å². The molecule has 1 saturated heterocycles. The molecule has 2 aromatic carbocycles. The molecule has 0 spiro atoms. The molecule has 40 heavy (non-hydrogen) atoms. The molecule has 1 aromatic heterocycles. The molecule has 12 heteroatoms. The Balaban J connectivity index is 1.38. The third-order valence-corrected chi connectivity index (χ3v) is 6.68. The van der Waals surface area contributed by atoms with Crippen molar-refractivity contribution in [3.8, 4) is 5.75 Å². The average molecular weight is 544 g/mol. The second-order valence-corrected chi connectivity index (χ2v) is 9.50. The maximum absolute atomic E-state index is 13.2. The van der Waals surface area contributed by atoms with E-state index in [2.05, 4.69) is 31.5 Å². The van der Waals surface area contributed by atoms with E-state index in [1.165, 1.54) is 20.2 Å². The minimum atomic E-state index is -0.484. The molecule has 2 aliphatic rings. The number of nitrogens with one attached hydrogen (secondary N) is 4. The number of ether oxygens (including phenoxy) is 1. The Hall–Kier alpha value is -5.00. The Morgan fingerprint density at radius 3 is 2.40 bits per heavy atom. The summed E-state index contributed by atoms with van der Waals surface area (Å²) >= 11 is 0. The number of nitrogens with zero attached hydrogens (tertiary/aromatic N) is 3. The lowest BCUT2D eigenvalue weighted by molar-refractivity contribution is -0.118. The number of methoxy groups -OCH3 is 1. The quantitative estimate of drug-likeness (QED) is 0.320. The average Bonchev–Trinajstić information content (AvgIpc) is 3.73. The monoisotopic (exact) mass is 543 g/mol. The first-order chi connectivity index (χ1) is 19.4. The fraction of sp³-hybridized carbons (Fsp3) is 0.286. The number of hydrogen-bond donors (Lipinski definition) is 4. The third-order valence-electron chi connectivity index (χ3n) is 6.68. The molecule has 3 aromatic rings. The Bertz CT molecular complexity index is 1470. The zero-order valence-corrected chi connectivity index (χ0v) is 22.1. The second kappa shape index (κ2) is 11.4. The molecule has 0 radical (unpaired) electrons. The van der Waals surface area contributed by atoms with Crippen LogP contribution in [-0.4, -0.2) is 54.5 Å². The maximum Gasteiger partial charge on any atom is 0.273 e. The molecule has 4 amide bonds. The Morgan fingerprint density at radius 2 is 1.75 bits per heavy atom. The van der Waals surface area contributed by atoms with Gasteiger partial charge < -0.3 is 30.9 Å². The maximum atomic E-state index is 13.2. The van der Waals surface area contributed by atoms with Crippen LogP contribution in [0, 0.1) is 5.92 Å². The standard InChI is InChI=1S/C28H29N7O5/c1-29-28(39)24-21(15-22(33-34-24)32-26(37)16-8-9-16)31-20-6-3-5-19(25(20)40-2)27(38)30-17-10-12-18(13-11-17)35-14-4-7-23(35)36/h3,5-6,10-13,15-16H,4,7-9,14H2,1-2H3,(H,29,39)(H,30,38)(H2,31,32,33,37). The largest absolute Gasteiger partial charge is 0.494 e. The molecule has 0 unspecified atom stereocenters. The van der Waals surface area contributed by atoms with Crippen LogP contribution in [0.15, 0.2) is 48.5 Å². The molecule has 12 nitrogen and oxygen atoms in total. The summed E-state index contributed by atoms with van der Waals surface area (Å²) in [5, 5.41) is 19.2. The van der Waals surface area contributed by atoms with Crippen molar-refractivity contribution in [2.45, 2.75) is 25.7 Å². The summed E-state index contributed by atoms with van der Waals surface area (Å²) in [5.41, 5.74) is 2.25. The van der Waals surface area contributed by atoms with Crippen LogP contribution in [0.25, 0.3) is 0 Å². The predicted molar refractivity (Wildman–Crippen MR) is 149 cm³/mol. The summed E-state index contributed by atoms with van der Waals surface area (Å²) in [7, 11) is 2.91. The van der Waals surface area contributed by atoms with Crippen molar-refractivity contribution in [3.05, 3.63) is 59.8 Å². The van der Waals surface area contributed by atoms with Crippen molar-refractivity contribution in [1.82, 2.24) is 15.5 Å². The molecule has 2 fully saturated rings. The first-order valence-electron chi connectivity index (χ1n) is 12.9. The first-order valence-corrected chi connectivity index (χ1v) is 12.9. The fourth-order valence-electron chi connectivity index (χ4n) is 4.43. The van der Waals surface area contributed by atoms with Gasteiger partial charge in [-0.25, -0.2) is 0 Å². The molecule has 2 heterocycles. The van der Waals surface area contributed by atoms with E-state index >= 15 is 0 Å². The van der Waals surface area contributed by atoms with Crippen molar-refractivity contribution in [3.63, 3.8) is 0 Å². The molecular weight excluding hydrogens is 514 g/mol. The van der Waals surface area contributed by atoms with E-state index in [1.807, 2.05) is 0 Å². The summed E-state index contributed by atoms with van der Waals surface area (Å²) < 4.78 is 5.59. The van der Waals surface area contributed by atoms with E-state index in [0.717, 1.165) is 24.9 Å². The zero-order valence-electron chi connectivity index (χ0n) is 22.1. The van der Waals surface area contributed by atoms with Gasteiger partial charge in [0.2, 0.25) is 11.8 Å². The predicted octanol–water partition coefficient (Wildman–Crippen LogP) is 3.32. The number of aromatic nitrogens is 2. The van der Waals surface area contributed by atoms with E-state index in [0.29, 0.717) is 24.3 Å². The molecule has 0 atom stereocenters. The molecule has 206 valence electrons. The lowest BCUT2D eigenvalue weighted by atomic mass is 10.1. The lowest BCUT2D eigenvalue weighted by Gasteiger charge is -2.17. The van der Waals surface area contributed by atoms with Crippen molar-refractivity contribution in [2.24, 2.45) is 5.92 Å². The number of hydrogen-bond acceptors (Lipinski definition) is 8. The lowest BCUT2D eigenvalue weighted by Crippen LogP contribution is -2.23. The number of para-hydroxylation sites is 1. The van der Waals surface area contributed by atoms with Crippen LogP contribution in [0.4, 0.5) is 28.6 Å². The molecule has 1 aliphatic heterocycles. The van der Waals surface area contributed by atoms with Gasteiger partial charge >= 0.3 is 0 Å². The van der Waals surface area contributed by atoms with Crippen LogP contribution in [0.3, 0.4) is 0 Å². The normalized spacial score (nSPS) is 14.4. The van der Waals surface area contributed by atoms with Crippen molar-refractivity contribution in [1.29, 1.82) is 0 Å². The minimum Gasteiger partial charge on any atom is -0.494 e. The molecule has 1 aliphatic carbocycles. The van der Waals surface area contributed by atoms with Crippen LogP contribution < -0.4 is 30.9 Å². The number of carbonyl (C=O) groups is 4. The Morgan fingerprint density at radius 1 is 0.975 bits per heavy atom. The summed E-state index contributed by atoms with van der Waals surface area (Å²) in [6.07, 6.45) is 3.03. The molecule has 5 rings (SSSR count). The van der Waals surface area contributed by atoms with Crippen molar-refractivity contribution < 1.29 is 23.9 Å². The van der Waals surface area contributed by atoms with Crippen LogP contribution in [0.1, 0.15) is 46.5 Å². The van der Waals surface area contributed by atoms with Gasteiger partial charge in [-0.3, -0.25) is 19.2 Å². The van der Waals surface area contributed by atoms with Crippen molar-refractivity contribution >= 4 is 52.2 Å². The fourth-order valence-corrected chi connectivity index (χ4v) is 4.43. The topological polar surface area (TPSA) is 155 Å². The number of rotatable bonds is 9. The van der Waals surface area contributed by atoms with Crippen LogP contribution in [0.2, 0.25) is 0 Å². The molecule has 1 saturated carbocycles. The van der Waals surface area contributed by atoms with Crippen LogP contribution >= 0.6 is 0 Å². The highest BCUT2D eigenvalue weighted by Crippen LogP contribution is 2.34. The van der Waals surface area contributed by atoms with Gasteiger partial charge in [-0.15, -0.1) is 10.2 Å². The van der Waals surface area contributed by atoms with Crippen LogP contribution in [0.5, 0.6) is 5.75 Å². The van der Waals surface area contributed by atoms with E-state index in [9.17, 15) is 19.2 Å². The Kier molecular flexibility index (Phi) is 7.58. The summed E-state index contributed by atoms with van der Waals surface area (Å²) in [6.45, 7) is 0.685. The number of carbonyl (C=O) groups excluding carboxylic acids is 4. The van der Waals surface area contributed by atoms with Gasteiger partial charge in [0.1, 0.15) is 0 Å². The molecule has 4 N–H and O–H groups in total. The van der Waals surface area contributed by atoms with Gasteiger partial charge in [-0.05, 0) is 55.7 Å².